The van der Waals surface area contributed by atoms with Crippen LogP contribution in [0, 0.1) is 12.8 Å². The number of fused-ring (bicyclic) bond motifs is 1. The van der Waals surface area contributed by atoms with Gasteiger partial charge in [-0.05, 0) is 61.9 Å². The molecule has 1 aromatic carbocycles. The number of aromatic amines is 1. The smallest absolute Gasteiger partial charge is 0.256 e. The standard InChI is InChI=1S/C21H23N3O2/c1-12-7-14-10-22-23-20(14)18(8-12)21(25)24(15-3-4-15)11-16-5-6-19(26-16)17-9-13(17)2/h5-8,10,13,15,17H,3-4,9,11H2,1-2H3,(H,22,23). The Labute approximate surface area is 152 Å². The number of furan rings is 1. The first kappa shape index (κ1) is 15.7. The minimum atomic E-state index is 0.0585. The summed E-state index contributed by atoms with van der Waals surface area (Å²) < 4.78 is 6.05. The highest BCUT2D eigenvalue weighted by atomic mass is 16.3. The van der Waals surface area contributed by atoms with Crippen molar-refractivity contribution < 1.29 is 9.21 Å². The Hall–Kier alpha value is -2.56. The van der Waals surface area contributed by atoms with Gasteiger partial charge in [0.1, 0.15) is 11.5 Å². The van der Waals surface area contributed by atoms with E-state index in [1.807, 2.05) is 30.0 Å². The minimum absolute atomic E-state index is 0.0585. The summed E-state index contributed by atoms with van der Waals surface area (Å²) in [5, 5.41) is 8.08. The molecule has 0 saturated heterocycles. The Morgan fingerprint density at radius 1 is 1.35 bits per heavy atom. The first-order valence-electron chi connectivity index (χ1n) is 9.43. The maximum Gasteiger partial charge on any atom is 0.256 e. The van der Waals surface area contributed by atoms with E-state index in [9.17, 15) is 4.79 Å². The number of benzene rings is 1. The number of aryl methyl sites for hydroxylation is 1. The number of rotatable bonds is 5. The van der Waals surface area contributed by atoms with Crippen molar-refractivity contribution in [2.75, 3.05) is 0 Å². The van der Waals surface area contributed by atoms with Crippen molar-refractivity contribution in [3.63, 3.8) is 0 Å². The predicted molar refractivity (Wildman–Crippen MR) is 99.0 cm³/mol. The van der Waals surface area contributed by atoms with Crippen molar-refractivity contribution in [2.45, 2.75) is 51.6 Å². The molecule has 134 valence electrons. The van der Waals surface area contributed by atoms with E-state index in [0.717, 1.165) is 46.7 Å². The van der Waals surface area contributed by atoms with Gasteiger partial charge in [-0.25, -0.2) is 0 Å². The fraction of sp³-hybridized carbons (Fsp3) is 0.429. The predicted octanol–water partition coefficient (Wildman–Crippen LogP) is 4.39. The Morgan fingerprint density at radius 3 is 2.88 bits per heavy atom. The van der Waals surface area contributed by atoms with Crippen LogP contribution in [0.25, 0.3) is 10.9 Å². The van der Waals surface area contributed by atoms with E-state index < -0.39 is 0 Å². The molecule has 0 spiro atoms. The number of hydrogen-bond acceptors (Lipinski definition) is 3. The van der Waals surface area contributed by atoms with E-state index in [1.54, 1.807) is 6.20 Å². The van der Waals surface area contributed by atoms with Gasteiger partial charge in [0.05, 0.1) is 23.8 Å². The lowest BCUT2D eigenvalue weighted by molar-refractivity contribution is 0.0718. The average Bonchev–Trinajstić information content (AvgIpc) is 3.49. The molecule has 5 nitrogen and oxygen atoms in total. The van der Waals surface area contributed by atoms with Crippen LogP contribution in [0.1, 0.15) is 59.5 Å². The van der Waals surface area contributed by atoms with Crippen molar-refractivity contribution >= 4 is 16.8 Å². The van der Waals surface area contributed by atoms with Crippen molar-refractivity contribution in [2.24, 2.45) is 5.92 Å². The molecule has 5 heteroatoms. The number of nitrogens with one attached hydrogen (secondary N) is 1. The van der Waals surface area contributed by atoms with Crippen LogP contribution in [-0.4, -0.2) is 27.0 Å². The number of aromatic nitrogens is 2. The third kappa shape index (κ3) is 2.71. The monoisotopic (exact) mass is 349 g/mol. The molecule has 2 fully saturated rings. The van der Waals surface area contributed by atoms with Crippen LogP contribution in [0.15, 0.2) is 34.9 Å². The highest BCUT2D eigenvalue weighted by Crippen LogP contribution is 2.47. The number of carbonyl (C=O) groups excluding carboxylic acids is 1. The quantitative estimate of drug-likeness (QED) is 0.743. The highest BCUT2D eigenvalue weighted by Gasteiger charge is 2.38. The van der Waals surface area contributed by atoms with Gasteiger partial charge in [-0.15, -0.1) is 0 Å². The molecular formula is C21H23N3O2. The number of amides is 1. The van der Waals surface area contributed by atoms with E-state index in [0.29, 0.717) is 24.1 Å². The zero-order chi connectivity index (χ0) is 17.8. The molecule has 0 bridgehead atoms. The molecule has 26 heavy (non-hydrogen) atoms. The van der Waals surface area contributed by atoms with Gasteiger partial charge in [-0.2, -0.15) is 5.10 Å². The Kier molecular flexibility index (Phi) is 3.45. The third-order valence-corrected chi connectivity index (χ3v) is 5.66. The zero-order valence-electron chi connectivity index (χ0n) is 15.2. The second-order valence-corrected chi connectivity index (χ2v) is 7.93. The molecular weight excluding hydrogens is 326 g/mol. The van der Waals surface area contributed by atoms with Crippen molar-refractivity contribution in [3.8, 4) is 0 Å². The van der Waals surface area contributed by atoms with Gasteiger partial charge < -0.3 is 9.32 Å². The largest absolute Gasteiger partial charge is 0.464 e. The van der Waals surface area contributed by atoms with Crippen LogP contribution in [0.5, 0.6) is 0 Å². The molecule has 5 rings (SSSR count). The Morgan fingerprint density at radius 2 is 2.15 bits per heavy atom. The third-order valence-electron chi connectivity index (χ3n) is 5.66. The molecule has 2 saturated carbocycles. The summed E-state index contributed by atoms with van der Waals surface area (Å²) in [5.41, 5.74) is 2.59. The number of hydrogen-bond donors (Lipinski definition) is 1. The number of H-pyrrole nitrogens is 1. The van der Waals surface area contributed by atoms with E-state index in [4.69, 9.17) is 4.42 Å². The lowest BCUT2D eigenvalue weighted by Crippen LogP contribution is -2.32. The van der Waals surface area contributed by atoms with Gasteiger partial charge in [0.15, 0.2) is 0 Å². The van der Waals surface area contributed by atoms with Gasteiger partial charge in [-0.1, -0.05) is 6.92 Å². The minimum Gasteiger partial charge on any atom is -0.464 e. The van der Waals surface area contributed by atoms with Crippen molar-refractivity contribution in [1.82, 2.24) is 15.1 Å². The van der Waals surface area contributed by atoms with Gasteiger partial charge >= 0.3 is 0 Å². The normalized spacial score (nSPS) is 21.9. The summed E-state index contributed by atoms with van der Waals surface area (Å²) in [5.74, 6) is 3.30. The molecule has 2 heterocycles. The first-order valence-corrected chi connectivity index (χ1v) is 9.43. The molecule has 0 radical (unpaired) electrons. The topological polar surface area (TPSA) is 62.1 Å². The van der Waals surface area contributed by atoms with E-state index in [2.05, 4.69) is 23.2 Å². The summed E-state index contributed by atoms with van der Waals surface area (Å²) in [6.45, 7) is 4.80. The van der Waals surface area contributed by atoms with E-state index >= 15 is 0 Å². The summed E-state index contributed by atoms with van der Waals surface area (Å²) in [7, 11) is 0. The molecule has 1 N–H and O–H groups in total. The van der Waals surface area contributed by atoms with Crippen LogP contribution in [0.2, 0.25) is 0 Å². The Balaban J connectivity index is 1.44. The molecule has 2 aliphatic carbocycles. The highest BCUT2D eigenvalue weighted by molar-refractivity contribution is 6.05. The second kappa shape index (κ2) is 5.73. The first-order chi connectivity index (χ1) is 12.6. The van der Waals surface area contributed by atoms with E-state index in [-0.39, 0.29) is 5.91 Å². The lowest BCUT2D eigenvalue weighted by atomic mass is 10.1. The van der Waals surface area contributed by atoms with Crippen LogP contribution in [0.3, 0.4) is 0 Å². The number of nitrogens with zero attached hydrogens (tertiary/aromatic N) is 2. The fourth-order valence-electron chi connectivity index (χ4n) is 3.85. The SMILES string of the molecule is Cc1cc(C(=O)N(Cc2ccc(C3CC3C)o2)C2CC2)c2[nH]ncc2c1. The molecule has 2 atom stereocenters. The van der Waals surface area contributed by atoms with Gasteiger partial charge in [-0.3, -0.25) is 9.89 Å². The molecule has 2 aliphatic rings. The van der Waals surface area contributed by atoms with Crippen LogP contribution >= 0.6 is 0 Å². The van der Waals surface area contributed by atoms with Crippen LogP contribution in [-0.2, 0) is 6.54 Å². The molecule has 0 aliphatic heterocycles. The second-order valence-electron chi connectivity index (χ2n) is 7.93. The maximum atomic E-state index is 13.3. The number of carbonyl (C=O) groups is 1. The summed E-state index contributed by atoms with van der Waals surface area (Å²) >= 11 is 0. The van der Waals surface area contributed by atoms with Crippen molar-refractivity contribution in [3.05, 3.63) is 53.1 Å². The van der Waals surface area contributed by atoms with Crippen LogP contribution < -0.4 is 0 Å². The summed E-state index contributed by atoms with van der Waals surface area (Å²) in [6, 6.07) is 8.43. The molecule has 1 amide bonds. The average molecular weight is 349 g/mol. The molecule has 2 aromatic heterocycles. The fourth-order valence-corrected chi connectivity index (χ4v) is 3.85. The lowest BCUT2D eigenvalue weighted by Gasteiger charge is -2.22. The van der Waals surface area contributed by atoms with Gasteiger partial charge in [0.2, 0.25) is 0 Å². The van der Waals surface area contributed by atoms with Crippen LogP contribution in [0.4, 0.5) is 0 Å². The summed E-state index contributed by atoms with van der Waals surface area (Å²) in [4.78, 5) is 15.3. The molecule has 3 aromatic rings. The van der Waals surface area contributed by atoms with E-state index in [1.165, 1.54) is 6.42 Å². The van der Waals surface area contributed by atoms with Gasteiger partial charge in [0, 0.05) is 17.3 Å². The maximum absolute atomic E-state index is 13.3. The molecule has 2 unspecified atom stereocenters. The Bertz CT molecular complexity index is 982. The van der Waals surface area contributed by atoms with Crippen molar-refractivity contribution in [1.29, 1.82) is 0 Å². The summed E-state index contributed by atoms with van der Waals surface area (Å²) in [6.07, 6.45) is 5.11. The zero-order valence-corrected chi connectivity index (χ0v) is 15.2. The van der Waals surface area contributed by atoms with Gasteiger partial charge in [0.25, 0.3) is 5.91 Å².